The molecule has 2 aromatic rings. The first-order chi connectivity index (χ1) is 13.7. The summed E-state index contributed by atoms with van der Waals surface area (Å²) in [5, 5.41) is 3.50. The fourth-order valence-corrected chi connectivity index (χ4v) is 4.96. The molecule has 4 nitrogen and oxygen atoms in total. The van der Waals surface area contributed by atoms with Gasteiger partial charge in [-0.2, -0.15) is 0 Å². The van der Waals surface area contributed by atoms with Crippen LogP contribution in [0.1, 0.15) is 49.8 Å². The second kappa shape index (κ2) is 7.38. The molecule has 2 aliphatic heterocycles. The number of thioether (sulfide) groups is 1. The third kappa shape index (κ3) is 3.84. The summed E-state index contributed by atoms with van der Waals surface area (Å²) in [4.78, 5) is 20.1. The van der Waals surface area contributed by atoms with Crippen LogP contribution in [0.15, 0.2) is 52.4 Å². The number of anilines is 1. The molecular formula is C24H27N3OS. The average Bonchev–Trinajstić information content (AvgIpc) is 3.00. The number of amidine groups is 1. The predicted octanol–water partition coefficient (Wildman–Crippen LogP) is 5.61. The molecule has 0 spiro atoms. The van der Waals surface area contributed by atoms with Crippen molar-refractivity contribution in [3.8, 4) is 0 Å². The zero-order valence-electron chi connectivity index (χ0n) is 17.6. The van der Waals surface area contributed by atoms with Crippen LogP contribution >= 0.6 is 11.8 Å². The molecule has 1 saturated heterocycles. The standard InChI is InChI=1S/C24H27N3OS/c1-15-11-20-19(16(2)14-24(3,4)27(20)5)12-17(15)13-21-22(28)26-23(29-21)25-18-9-7-6-8-10-18/h6-13,16H,14H2,1-5H3,(H,25,26,28)/b21-13-/t16-/m1/s1. The van der Waals surface area contributed by atoms with Crippen LogP contribution in [0.2, 0.25) is 0 Å². The molecule has 1 amide bonds. The highest BCUT2D eigenvalue weighted by Crippen LogP contribution is 2.44. The molecule has 0 aromatic heterocycles. The van der Waals surface area contributed by atoms with E-state index in [9.17, 15) is 4.79 Å². The molecule has 2 aromatic carbocycles. The predicted molar refractivity (Wildman–Crippen MR) is 124 cm³/mol. The first kappa shape index (κ1) is 19.8. The number of aryl methyl sites for hydroxylation is 1. The summed E-state index contributed by atoms with van der Waals surface area (Å²) in [7, 11) is 2.18. The van der Waals surface area contributed by atoms with E-state index in [1.807, 2.05) is 36.4 Å². The van der Waals surface area contributed by atoms with Crippen LogP contribution in [0.4, 0.5) is 11.4 Å². The van der Waals surface area contributed by atoms with Gasteiger partial charge in [0.25, 0.3) is 5.91 Å². The number of nitrogens with one attached hydrogen (secondary N) is 1. The fraction of sp³-hybridized carbons (Fsp3) is 0.333. The minimum absolute atomic E-state index is 0.0897. The van der Waals surface area contributed by atoms with Crippen LogP contribution in [0.5, 0.6) is 0 Å². The zero-order valence-corrected chi connectivity index (χ0v) is 18.4. The maximum atomic E-state index is 12.5. The smallest absolute Gasteiger partial charge is 0.264 e. The molecule has 150 valence electrons. The Bertz CT molecular complexity index is 1020. The summed E-state index contributed by atoms with van der Waals surface area (Å²) in [6.45, 7) is 9.00. The summed E-state index contributed by atoms with van der Waals surface area (Å²) in [5.41, 5.74) is 5.90. The van der Waals surface area contributed by atoms with Crippen LogP contribution in [0.25, 0.3) is 6.08 Å². The first-order valence-corrected chi connectivity index (χ1v) is 10.8. The van der Waals surface area contributed by atoms with E-state index >= 15 is 0 Å². The molecule has 5 heteroatoms. The van der Waals surface area contributed by atoms with Gasteiger partial charge in [-0.15, -0.1) is 0 Å². The molecule has 2 heterocycles. The van der Waals surface area contributed by atoms with Crippen molar-refractivity contribution in [3.63, 3.8) is 0 Å². The summed E-state index contributed by atoms with van der Waals surface area (Å²) in [6, 6.07) is 14.2. The second-order valence-corrected chi connectivity index (χ2v) is 9.59. The van der Waals surface area contributed by atoms with Crippen molar-refractivity contribution in [2.45, 2.75) is 45.6 Å². The van der Waals surface area contributed by atoms with Gasteiger partial charge < -0.3 is 10.2 Å². The van der Waals surface area contributed by atoms with E-state index in [2.05, 4.69) is 62.1 Å². The van der Waals surface area contributed by atoms with Crippen LogP contribution in [0, 0.1) is 6.92 Å². The molecule has 1 N–H and O–H groups in total. The van der Waals surface area contributed by atoms with E-state index in [0.717, 1.165) is 17.7 Å². The van der Waals surface area contributed by atoms with Gasteiger partial charge in [0.15, 0.2) is 5.17 Å². The van der Waals surface area contributed by atoms with E-state index in [0.29, 0.717) is 16.0 Å². The monoisotopic (exact) mass is 405 g/mol. The van der Waals surface area contributed by atoms with Crippen LogP contribution in [0.3, 0.4) is 0 Å². The Morgan fingerprint density at radius 2 is 1.97 bits per heavy atom. The Kier molecular flexibility index (Phi) is 5.03. The van der Waals surface area contributed by atoms with Crippen molar-refractivity contribution < 1.29 is 4.79 Å². The molecule has 4 rings (SSSR count). The van der Waals surface area contributed by atoms with Gasteiger partial charge in [0.1, 0.15) is 0 Å². The van der Waals surface area contributed by atoms with Crippen LogP contribution in [-0.4, -0.2) is 23.7 Å². The number of rotatable bonds is 2. The van der Waals surface area contributed by atoms with Gasteiger partial charge in [-0.1, -0.05) is 25.1 Å². The summed E-state index contributed by atoms with van der Waals surface area (Å²) >= 11 is 1.40. The van der Waals surface area contributed by atoms with Crippen LogP contribution in [-0.2, 0) is 4.79 Å². The van der Waals surface area contributed by atoms with Gasteiger partial charge in [-0.05, 0) is 91.9 Å². The number of carbonyl (C=O) groups excluding carboxylic acids is 1. The molecule has 0 unspecified atom stereocenters. The lowest BCUT2D eigenvalue weighted by Crippen LogP contribution is -2.45. The second-order valence-electron chi connectivity index (χ2n) is 8.56. The normalized spacial score (nSPS) is 23.4. The van der Waals surface area contributed by atoms with Crippen molar-refractivity contribution in [3.05, 3.63) is 64.1 Å². The molecule has 0 radical (unpaired) electrons. The third-order valence-electron chi connectivity index (χ3n) is 5.95. The number of para-hydroxylation sites is 1. The summed E-state index contributed by atoms with van der Waals surface area (Å²) in [6.07, 6.45) is 3.11. The van der Waals surface area contributed by atoms with E-state index in [1.54, 1.807) is 0 Å². The molecule has 2 aliphatic rings. The lowest BCUT2D eigenvalue weighted by atomic mass is 9.79. The van der Waals surface area contributed by atoms with Gasteiger partial charge in [-0.25, -0.2) is 4.99 Å². The largest absolute Gasteiger partial charge is 0.369 e. The van der Waals surface area contributed by atoms with Crippen molar-refractivity contribution in [1.29, 1.82) is 0 Å². The molecule has 29 heavy (non-hydrogen) atoms. The average molecular weight is 406 g/mol. The van der Waals surface area contributed by atoms with E-state index in [4.69, 9.17) is 0 Å². The first-order valence-electron chi connectivity index (χ1n) is 9.97. The van der Waals surface area contributed by atoms with Gasteiger partial charge >= 0.3 is 0 Å². The third-order valence-corrected chi connectivity index (χ3v) is 6.86. The number of hydrogen-bond donors (Lipinski definition) is 1. The minimum atomic E-state index is -0.0897. The Hall–Kier alpha value is -2.53. The highest BCUT2D eigenvalue weighted by Gasteiger charge is 2.34. The number of aliphatic imine (C=N–C) groups is 1. The van der Waals surface area contributed by atoms with Crippen molar-refractivity contribution >= 4 is 40.3 Å². The number of nitrogens with zero attached hydrogens (tertiary/aromatic N) is 2. The number of benzene rings is 2. The SMILES string of the molecule is Cc1cc2c(cc1/C=C1\SC(=Nc3ccccc3)NC1=O)[C@H](C)CC(C)(C)N2C. The number of fused-ring (bicyclic) bond motifs is 1. The lowest BCUT2D eigenvalue weighted by molar-refractivity contribution is -0.115. The maximum absolute atomic E-state index is 12.5. The fourth-order valence-electron chi connectivity index (χ4n) is 4.13. The van der Waals surface area contributed by atoms with Crippen LogP contribution < -0.4 is 10.2 Å². The van der Waals surface area contributed by atoms with E-state index < -0.39 is 0 Å². The van der Waals surface area contributed by atoms with Gasteiger partial charge in [-0.3, -0.25) is 4.79 Å². The molecule has 1 atom stereocenters. The van der Waals surface area contributed by atoms with Gasteiger partial charge in [0.05, 0.1) is 10.6 Å². The lowest BCUT2D eigenvalue weighted by Gasteiger charge is -2.45. The summed E-state index contributed by atoms with van der Waals surface area (Å²) < 4.78 is 0. The molecule has 0 saturated carbocycles. The molecule has 0 aliphatic carbocycles. The minimum Gasteiger partial charge on any atom is -0.369 e. The Morgan fingerprint density at radius 3 is 2.69 bits per heavy atom. The van der Waals surface area contributed by atoms with Gasteiger partial charge in [0.2, 0.25) is 0 Å². The molecule has 1 fully saturated rings. The van der Waals surface area contributed by atoms with Crippen molar-refractivity contribution in [2.24, 2.45) is 4.99 Å². The Balaban J connectivity index is 1.66. The summed E-state index contributed by atoms with van der Waals surface area (Å²) in [5.74, 6) is 0.391. The number of amides is 1. The van der Waals surface area contributed by atoms with E-state index in [-0.39, 0.29) is 11.4 Å². The molecule has 0 bridgehead atoms. The van der Waals surface area contributed by atoms with Crippen molar-refractivity contribution in [1.82, 2.24) is 5.32 Å². The van der Waals surface area contributed by atoms with Crippen molar-refractivity contribution in [2.75, 3.05) is 11.9 Å². The quantitative estimate of drug-likeness (QED) is 0.661. The highest BCUT2D eigenvalue weighted by molar-refractivity contribution is 8.18. The topological polar surface area (TPSA) is 44.7 Å². The Morgan fingerprint density at radius 1 is 1.24 bits per heavy atom. The van der Waals surface area contributed by atoms with E-state index in [1.165, 1.54) is 28.6 Å². The zero-order chi connectivity index (χ0) is 20.8. The maximum Gasteiger partial charge on any atom is 0.264 e. The highest BCUT2D eigenvalue weighted by atomic mass is 32.2. The number of hydrogen-bond acceptors (Lipinski definition) is 4. The molecular weight excluding hydrogens is 378 g/mol. The Labute approximate surface area is 177 Å². The number of carbonyl (C=O) groups is 1. The van der Waals surface area contributed by atoms with Gasteiger partial charge in [0, 0.05) is 18.3 Å².